The summed E-state index contributed by atoms with van der Waals surface area (Å²) in [5.74, 6) is -5.91. The van der Waals surface area contributed by atoms with E-state index >= 15 is 0 Å². The molecule has 0 bridgehead atoms. The Kier molecular flexibility index (Phi) is 13.1. The van der Waals surface area contributed by atoms with Crippen molar-refractivity contribution in [2.45, 2.75) is 51.1 Å². The van der Waals surface area contributed by atoms with Crippen LogP contribution in [0.4, 0.5) is 10.5 Å². The zero-order valence-corrected chi connectivity index (χ0v) is 32.9. The minimum Gasteiger partial charge on any atom is -0.507 e. The van der Waals surface area contributed by atoms with Crippen LogP contribution in [0.25, 0.3) is 0 Å². The van der Waals surface area contributed by atoms with E-state index in [-0.39, 0.29) is 91.2 Å². The standard InChI is InChI=1S/C42H43N7O12/c1-61-28-6-2-4-25-33(28)39(57)35-34(37(25)55)38(56)26-18-22(9-12-24(26)36(35)54)40(58)46-19-21-7-10-23(11-8-21)47-41(59)27(5-3-16-44-42(43)60)48-30(51)20-45-29(50)15-17-49-31(52)13-14-32(49)53/h2,4,6-8,10-11,13-14,22,27,54,56H,3,5,9,12,15-20H2,1H3,(H,45,50)(H,46,58)(H,47,59)(H,48,51)(H3,43,44,60). The number of benzene rings is 3. The third-order valence-electron chi connectivity index (χ3n) is 10.6. The molecule has 0 saturated heterocycles. The molecule has 61 heavy (non-hydrogen) atoms. The van der Waals surface area contributed by atoms with E-state index in [2.05, 4.69) is 26.6 Å². The second kappa shape index (κ2) is 18.6. The van der Waals surface area contributed by atoms with Gasteiger partial charge in [-0.1, -0.05) is 24.3 Å². The second-order valence-electron chi connectivity index (χ2n) is 14.5. The van der Waals surface area contributed by atoms with Gasteiger partial charge in [0.15, 0.2) is 5.78 Å². The predicted molar refractivity (Wildman–Crippen MR) is 214 cm³/mol. The van der Waals surface area contributed by atoms with Gasteiger partial charge in [-0.05, 0) is 55.9 Å². The first-order chi connectivity index (χ1) is 29.2. The number of methoxy groups -OCH3 is 1. The number of nitrogens with zero attached hydrogens (tertiary/aromatic N) is 1. The van der Waals surface area contributed by atoms with E-state index in [1.165, 1.54) is 19.2 Å². The van der Waals surface area contributed by atoms with E-state index in [9.17, 15) is 53.4 Å². The van der Waals surface area contributed by atoms with Crippen molar-refractivity contribution in [3.63, 3.8) is 0 Å². The number of ether oxygens (including phenoxy) is 1. The molecular formula is C42H43N7O12. The van der Waals surface area contributed by atoms with Crippen LogP contribution in [0.15, 0.2) is 54.6 Å². The van der Waals surface area contributed by atoms with Crippen LogP contribution in [0.1, 0.15) is 74.2 Å². The maximum absolute atomic E-state index is 13.6. The number of primary amides is 1. The predicted octanol–water partition coefficient (Wildman–Crippen LogP) is 0.606. The minimum absolute atomic E-state index is 0.00474. The van der Waals surface area contributed by atoms with Crippen molar-refractivity contribution in [3.8, 4) is 17.2 Å². The molecule has 0 fully saturated rings. The van der Waals surface area contributed by atoms with Crippen LogP contribution in [0.5, 0.6) is 17.2 Å². The monoisotopic (exact) mass is 837 g/mol. The van der Waals surface area contributed by atoms with Crippen molar-refractivity contribution >= 4 is 58.7 Å². The smallest absolute Gasteiger partial charge is 0.312 e. The zero-order valence-electron chi connectivity index (χ0n) is 32.9. The van der Waals surface area contributed by atoms with Crippen molar-refractivity contribution in [3.05, 3.63) is 93.6 Å². The number of nitrogens with two attached hydrogens (primary N) is 1. The molecule has 0 aromatic heterocycles. The first kappa shape index (κ1) is 43.0. The van der Waals surface area contributed by atoms with Gasteiger partial charge < -0.3 is 47.3 Å². The summed E-state index contributed by atoms with van der Waals surface area (Å²) in [5, 5.41) is 35.5. The highest BCUT2D eigenvalue weighted by atomic mass is 16.5. The number of carbonyl (C=O) groups excluding carboxylic acids is 9. The SMILES string of the molecule is COc1cccc2c1C(=O)c1c(O)c3c(c(O)c1C2=O)CC(C(=O)NCc1ccc(NC(=O)C(CCCNC(N)=O)NC(=O)CNC(=O)CCN2C(=O)C=CC2=O)cc1)CC3. The number of carbonyl (C=O) groups is 9. The lowest BCUT2D eigenvalue weighted by molar-refractivity contribution is -0.137. The van der Waals surface area contributed by atoms with E-state index < -0.39 is 77.1 Å². The van der Waals surface area contributed by atoms with Gasteiger partial charge in [-0.15, -0.1) is 0 Å². The van der Waals surface area contributed by atoms with Crippen molar-refractivity contribution in [2.24, 2.45) is 11.7 Å². The first-order valence-corrected chi connectivity index (χ1v) is 19.3. The summed E-state index contributed by atoms with van der Waals surface area (Å²) in [5.41, 5.74) is 6.11. The Balaban J connectivity index is 1.02. The number of hydrogen-bond donors (Lipinski definition) is 8. The molecule has 9 N–H and O–H groups in total. The van der Waals surface area contributed by atoms with Crippen molar-refractivity contribution in [1.29, 1.82) is 0 Å². The highest BCUT2D eigenvalue weighted by Crippen LogP contribution is 2.47. The van der Waals surface area contributed by atoms with Crippen LogP contribution in [-0.2, 0) is 48.2 Å². The van der Waals surface area contributed by atoms with Crippen LogP contribution >= 0.6 is 0 Å². The Labute approximate surface area is 348 Å². The van der Waals surface area contributed by atoms with Crippen LogP contribution < -0.4 is 37.1 Å². The summed E-state index contributed by atoms with van der Waals surface area (Å²) in [6.45, 7) is -0.437. The molecule has 0 saturated carbocycles. The van der Waals surface area contributed by atoms with Gasteiger partial charge in [0.25, 0.3) is 11.8 Å². The molecule has 19 heteroatoms. The third-order valence-corrected chi connectivity index (χ3v) is 10.6. The highest BCUT2D eigenvalue weighted by Gasteiger charge is 2.41. The largest absolute Gasteiger partial charge is 0.507 e. The van der Waals surface area contributed by atoms with E-state index in [0.717, 1.165) is 17.1 Å². The van der Waals surface area contributed by atoms with Crippen molar-refractivity contribution < 1.29 is 58.1 Å². The molecule has 6 rings (SSSR count). The Morgan fingerprint density at radius 2 is 1.54 bits per heavy atom. The maximum atomic E-state index is 13.6. The summed E-state index contributed by atoms with van der Waals surface area (Å²) in [7, 11) is 1.36. The van der Waals surface area contributed by atoms with Crippen LogP contribution in [-0.4, -0.2) is 101 Å². The number of aromatic hydroxyl groups is 2. The number of ketones is 2. The van der Waals surface area contributed by atoms with E-state index in [1.54, 1.807) is 30.3 Å². The van der Waals surface area contributed by atoms with E-state index in [1.807, 2.05) is 0 Å². The van der Waals surface area contributed by atoms with Crippen LogP contribution in [0.3, 0.4) is 0 Å². The molecule has 8 amide bonds. The number of amides is 8. The first-order valence-electron chi connectivity index (χ1n) is 19.3. The normalized spacial score (nSPS) is 15.6. The van der Waals surface area contributed by atoms with Gasteiger partial charge in [-0.2, -0.15) is 0 Å². The molecule has 2 atom stereocenters. The average molecular weight is 838 g/mol. The quantitative estimate of drug-likeness (QED) is 0.0438. The van der Waals surface area contributed by atoms with Crippen LogP contribution in [0, 0.1) is 5.92 Å². The lowest BCUT2D eigenvalue weighted by atomic mass is 9.75. The molecule has 318 valence electrons. The van der Waals surface area contributed by atoms with Gasteiger partial charge in [0.2, 0.25) is 29.4 Å². The van der Waals surface area contributed by atoms with Gasteiger partial charge in [0.1, 0.15) is 23.3 Å². The van der Waals surface area contributed by atoms with Gasteiger partial charge in [-0.3, -0.25) is 43.3 Å². The molecule has 0 radical (unpaired) electrons. The van der Waals surface area contributed by atoms with Gasteiger partial charge in [0.05, 0.1) is 30.3 Å². The second-order valence-corrected chi connectivity index (χ2v) is 14.5. The molecule has 2 aliphatic carbocycles. The molecular weight excluding hydrogens is 794 g/mol. The molecule has 3 aromatic rings. The summed E-state index contributed by atoms with van der Waals surface area (Å²) in [6.07, 6.45) is 2.76. The average Bonchev–Trinajstić information content (AvgIpc) is 3.57. The van der Waals surface area contributed by atoms with Crippen molar-refractivity contribution in [1.82, 2.24) is 26.2 Å². The Morgan fingerprint density at radius 3 is 2.23 bits per heavy atom. The zero-order chi connectivity index (χ0) is 44.0. The number of imide groups is 1. The topological polar surface area (TPSA) is 293 Å². The lowest BCUT2D eigenvalue weighted by Gasteiger charge is -2.29. The molecule has 2 unspecified atom stereocenters. The maximum Gasteiger partial charge on any atom is 0.312 e. The van der Waals surface area contributed by atoms with Crippen LogP contribution in [0.2, 0.25) is 0 Å². The van der Waals surface area contributed by atoms with Crippen molar-refractivity contribution in [2.75, 3.05) is 32.1 Å². The number of urea groups is 1. The molecule has 1 heterocycles. The number of nitrogens with one attached hydrogen (secondary N) is 5. The van der Waals surface area contributed by atoms with Gasteiger partial charge in [0, 0.05) is 66.5 Å². The number of anilines is 1. The highest BCUT2D eigenvalue weighted by molar-refractivity contribution is 6.31. The number of phenolic OH excluding ortho intramolecular Hbond substituents is 2. The lowest BCUT2D eigenvalue weighted by Crippen LogP contribution is -2.48. The molecule has 0 spiro atoms. The summed E-state index contributed by atoms with van der Waals surface area (Å²) in [4.78, 5) is 114. The number of fused-ring (bicyclic) bond motifs is 3. The minimum atomic E-state index is -1.09. The Hall–Kier alpha value is -7.57. The van der Waals surface area contributed by atoms with Gasteiger partial charge >= 0.3 is 6.03 Å². The molecule has 3 aromatic carbocycles. The molecule has 3 aliphatic rings. The molecule has 19 nitrogen and oxygen atoms in total. The number of rotatable bonds is 16. The fraction of sp³-hybridized carbons (Fsp3) is 0.310. The Morgan fingerprint density at radius 1 is 0.852 bits per heavy atom. The number of phenols is 2. The number of hydrogen-bond acceptors (Lipinski definition) is 12. The summed E-state index contributed by atoms with van der Waals surface area (Å²) < 4.78 is 5.29. The van der Waals surface area contributed by atoms with Gasteiger partial charge in [-0.25, -0.2) is 4.79 Å². The third kappa shape index (κ3) is 9.51. The van der Waals surface area contributed by atoms with E-state index in [4.69, 9.17) is 10.5 Å². The molecule has 1 aliphatic heterocycles. The summed E-state index contributed by atoms with van der Waals surface area (Å²) >= 11 is 0. The fourth-order valence-electron chi connectivity index (χ4n) is 7.46. The summed E-state index contributed by atoms with van der Waals surface area (Å²) in [6, 6.07) is 9.18. The fourth-order valence-corrected chi connectivity index (χ4v) is 7.46. The van der Waals surface area contributed by atoms with E-state index in [0.29, 0.717) is 23.2 Å². The Bertz CT molecular complexity index is 2360.